The molecule has 25 heavy (non-hydrogen) atoms. The topological polar surface area (TPSA) is 0 Å². The van der Waals surface area contributed by atoms with Gasteiger partial charge in [-0.15, -0.1) is 15.8 Å². The molecule has 0 aromatic heterocycles. The molecule has 0 saturated carbocycles. The molecule has 5 rings (SSSR count). The van der Waals surface area contributed by atoms with Crippen molar-refractivity contribution in [3.8, 4) is 11.1 Å². The summed E-state index contributed by atoms with van der Waals surface area (Å²) in [4.78, 5) is 0. The minimum absolute atomic E-state index is 0.237. The molecule has 0 spiro atoms. The Bertz CT molecular complexity index is 689. The van der Waals surface area contributed by atoms with E-state index in [1.54, 1.807) is 22.3 Å². The highest BCUT2D eigenvalue weighted by Crippen LogP contribution is 2.61. The van der Waals surface area contributed by atoms with Crippen LogP contribution in [0.2, 0.25) is 0 Å². The first kappa shape index (κ1) is 16.5. The molecule has 0 nitrogen and oxygen atoms in total. The van der Waals surface area contributed by atoms with E-state index in [1.807, 2.05) is 0 Å². The molecule has 0 N–H and O–H groups in total. The van der Waals surface area contributed by atoms with Gasteiger partial charge in [0.2, 0.25) is 0 Å². The number of hydrogen-bond acceptors (Lipinski definition) is 0. The minimum Gasteiger partial charge on any atom is -0.105 e. The van der Waals surface area contributed by atoms with Gasteiger partial charge in [-0.1, -0.05) is 48.5 Å². The minimum atomic E-state index is 0.237. The Labute approximate surface area is 154 Å². The highest BCUT2D eigenvalue weighted by Gasteiger charge is 2.45. The van der Waals surface area contributed by atoms with Gasteiger partial charge < -0.3 is 0 Å². The van der Waals surface area contributed by atoms with E-state index in [0.29, 0.717) is 5.41 Å². The van der Waals surface area contributed by atoms with Crippen LogP contribution >= 0.6 is 15.8 Å². The fourth-order valence-corrected chi connectivity index (χ4v) is 11.8. The molecule has 0 unspecified atom stereocenters. The second-order valence-electron chi connectivity index (χ2n) is 8.14. The summed E-state index contributed by atoms with van der Waals surface area (Å²) >= 11 is 0. The first-order valence-electron chi connectivity index (χ1n) is 10.0. The second-order valence-corrected chi connectivity index (χ2v) is 13.2. The van der Waals surface area contributed by atoms with Crippen LogP contribution in [0, 0.1) is 0 Å². The van der Waals surface area contributed by atoms with Gasteiger partial charge in [0.1, 0.15) is 0 Å². The van der Waals surface area contributed by atoms with Gasteiger partial charge >= 0.3 is 0 Å². The third-order valence-electron chi connectivity index (χ3n) is 6.56. The van der Waals surface area contributed by atoms with E-state index in [0.717, 1.165) is 0 Å². The zero-order chi connectivity index (χ0) is 16.7. The van der Waals surface area contributed by atoms with Crippen LogP contribution in [0.1, 0.15) is 36.8 Å². The lowest BCUT2D eigenvalue weighted by Crippen LogP contribution is -2.33. The SMILES string of the molecule is c1ccc2c(c1)-c1ccccc1C2(CP1CCCC1)CP1CCCC1. The summed E-state index contributed by atoms with van der Waals surface area (Å²) in [7, 11) is 0.473. The smallest absolute Gasteiger partial charge is 0.0293 e. The van der Waals surface area contributed by atoms with Gasteiger partial charge in [-0.2, -0.15) is 0 Å². The van der Waals surface area contributed by atoms with Gasteiger partial charge in [-0.25, -0.2) is 0 Å². The average molecular weight is 366 g/mol. The van der Waals surface area contributed by atoms with E-state index in [2.05, 4.69) is 48.5 Å². The molecule has 2 heterocycles. The summed E-state index contributed by atoms with van der Waals surface area (Å²) in [5.74, 6) is 0. The summed E-state index contributed by atoms with van der Waals surface area (Å²) in [6, 6.07) is 18.8. The third kappa shape index (κ3) is 2.81. The van der Waals surface area contributed by atoms with Crippen LogP contribution in [-0.4, -0.2) is 37.0 Å². The van der Waals surface area contributed by atoms with Crippen LogP contribution in [0.4, 0.5) is 0 Å². The largest absolute Gasteiger partial charge is 0.105 e. The van der Waals surface area contributed by atoms with Crippen molar-refractivity contribution in [2.24, 2.45) is 0 Å². The molecule has 0 amide bonds. The zero-order valence-electron chi connectivity index (χ0n) is 15.1. The number of hydrogen-bond donors (Lipinski definition) is 0. The molecule has 2 heteroatoms. The van der Waals surface area contributed by atoms with Crippen molar-refractivity contribution in [1.29, 1.82) is 0 Å². The Kier molecular flexibility index (Phi) is 4.48. The van der Waals surface area contributed by atoms with Gasteiger partial charge in [0.25, 0.3) is 0 Å². The van der Waals surface area contributed by atoms with E-state index in [1.165, 1.54) is 62.7 Å². The first-order valence-corrected chi connectivity index (χ1v) is 13.8. The zero-order valence-corrected chi connectivity index (χ0v) is 16.9. The van der Waals surface area contributed by atoms with Crippen molar-refractivity contribution in [3.63, 3.8) is 0 Å². The van der Waals surface area contributed by atoms with E-state index >= 15 is 0 Å². The summed E-state index contributed by atoms with van der Waals surface area (Å²) < 4.78 is 0. The molecule has 0 radical (unpaired) electrons. The highest BCUT2D eigenvalue weighted by atomic mass is 31.1. The van der Waals surface area contributed by atoms with Crippen molar-refractivity contribution < 1.29 is 0 Å². The van der Waals surface area contributed by atoms with Gasteiger partial charge in [0, 0.05) is 5.41 Å². The van der Waals surface area contributed by atoms with Crippen LogP contribution in [0.5, 0.6) is 0 Å². The van der Waals surface area contributed by atoms with Crippen LogP contribution < -0.4 is 0 Å². The predicted molar refractivity (Wildman–Crippen MR) is 114 cm³/mol. The molecule has 2 saturated heterocycles. The maximum atomic E-state index is 2.48. The van der Waals surface area contributed by atoms with Gasteiger partial charge in [-0.3, -0.25) is 0 Å². The van der Waals surface area contributed by atoms with Gasteiger partial charge in [0.05, 0.1) is 0 Å². The summed E-state index contributed by atoms with van der Waals surface area (Å²) in [6.45, 7) is 0. The van der Waals surface area contributed by atoms with Gasteiger partial charge in [-0.05, 0) is 84.9 Å². The lowest BCUT2D eigenvalue weighted by molar-refractivity contribution is 0.676. The van der Waals surface area contributed by atoms with Crippen molar-refractivity contribution in [2.45, 2.75) is 31.1 Å². The maximum Gasteiger partial charge on any atom is 0.0293 e. The van der Waals surface area contributed by atoms with Crippen molar-refractivity contribution in [3.05, 3.63) is 59.7 Å². The summed E-state index contributed by atoms with van der Waals surface area (Å²) in [5.41, 5.74) is 6.79. The Balaban J connectivity index is 1.65. The van der Waals surface area contributed by atoms with E-state index in [4.69, 9.17) is 0 Å². The molecule has 1 aliphatic carbocycles. The molecule has 2 aromatic carbocycles. The van der Waals surface area contributed by atoms with E-state index in [9.17, 15) is 0 Å². The van der Waals surface area contributed by atoms with Crippen molar-refractivity contribution in [2.75, 3.05) is 37.0 Å². The van der Waals surface area contributed by atoms with E-state index < -0.39 is 0 Å². The molecule has 130 valence electrons. The number of rotatable bonds is 4. The fourth-order valence-electron chi connectivity index (χ4n) is 5.45. The van der Waals surface area contributed by atoms with Crippen molar-refractivity contribution in [1.82, 2.24) is 0 Å². The number of fused-ring (bicyclic) bond motifs is 3. The lowest BCUT2D eigenvalue weighted by Gasteiger charge is -2.37. The van der Waals surface area contributed by atoms with Crippen LogP contribution in [0.15, 0.2) is 48.5 Å². The average Bonchev–Trinajstić information content (AvgIpc) is 3.39. The van der Waals surface area contributed by atoms with Crippen LogP contribution in [-0.2, 0) is 5.41 Å². The Morgan fingerprint density at radius 1 is 0.600 bits per heavy atom. The molecule has 2 fully saturated rings. The normalized spacial score (nSPS) is 22.2. The molecule has 2 aliphatic heterocycles. The summed E-state index contributed by atoms with van der Waals surface area (Å²) in [6.07, 6.45) is 15.0. The lowest BCUT2D eigenvalue weighted by atomic mass is 9.82. The molecule has 2 aromatic rings. The fraction of sp³-hybridized carbons (Fsp3) is 0.478. The highest BCUT2D eigenvalue weighted by molar-refractivity contribution is 7.59. The third-order valence-corrected chi connectivity index (χ3v) is 12.3. The molecule has 0 bridgehead atoms. The standard InChI is InChI=1S/C23H28P2/c1-3-11-21-19(9-1)20-10-2-4-12-22(20)23(21,17-24-13-5-6-14-24)18-25-15-7-8-16-25/h1-4,9-12H,5-8,13-18H2. The molecule has 0 atom stereocenters. The van der Waals surface area contributed by atoms with E-state index in [-0.39, 0.29) is 15.8 Å². The Morgan fingerprint density at radius 3 is 1.44 bits per heavy atom. The first-order chi connectivity index (χ1) is 12.4. The van der Waals surface area contributed by atoms with Crippen LogP contribution in [0.25, 0.3) is 11.1 Å². The summed E-state index contributed by atoms with van der Waals surface area (Å²) in [5, 5.41) is 0. The quantitative estimate of drug-likeness (QED) is 0.542. The molecule has 3 aliphatic rings. The molecular weight excluding hydrogens is 338 g/mol. The van der Waals surface area contributed by atoms with Crippen LogP contribution in [0.3, 0.4) is 0 Å². The maximum absolute atomic E-state index is 2.48. The Hall–Kier alpha value is -0.700. The van der Waals surface area contributed by atoms with Crippen molar-refractivity contribution >= 4 is 15.8 Å². The Morgan fingerprint density at radius 2 is 1.00 bits per heavy atom. The second kappa shape index (κ2) is 6.79. The monoisotopic (exact) mass is 366 g/mol. The predicted octanol–water partition coefficient (Wildman–Crippen LogP) is 6.50. The van der Waals surface area contributed by atoms with Gasteiger partial charge in [0.15, 0.2) is 0 Å². The molecular formula is C23H28P2. The number of benzene rings is 2.